The van der Waals surface area contributed by atoms with E-state index in [9.17, 15) is 9.90 Å². The van der Waals surface area contributed by atoms with Crippen LogP contribution in [0.4, 0.5) is 0 Å². The Kier molecular flexibility index (Phi) is 6.45. The molecule has 0 unspecified atom stereocenters. The molecule has 2 aliphatic heterocycles. The molecule has 0 aromatic rings. The highest BCUT2D eigenvalue weighted by Crippen LogP contribution is 2.21. The van der Waals surface area contributed by atoms with Crippen molar-refractivity contribution in [1.82, 2.24) is 9.80 Å². The van der Waals surface area contributed by atoms with Crippen molar-refractivity contribution in [3.05, 3.63) is 0 Å². The Balaban J connectivity index is 1.77. The van der Waals surface area contributed by atoms with E-state index in [4.69, 9.17) is 4.74 Å². The third-order valence-electron chi connectivity index (χ3n) is 4.60. The summed E-state index contributed by atoms with van der Waals surface area (Å²) in [6.45, 7) is 3.98. The van der Waals surface area contributed by atoms with E-state index in [1.165, 1.54) is 19.3 Å². The predicted molar refractivity (Wildman–Crippen MR) is 82.2 cm³/mol. The number of rotatable bonds is 4. The number of likely N-dealkylation sites (N-methyl/N-ethyl adjacent to an activating group) is 1. The van der Waals surface area contributed by atoms with E-state index in [1.807, 2.05) is 16.8 Å². The molecular formula is C16H30N2O3. The lowest BCUT2D eigenvalue weighted by Gasteiger charge is -2.36. The second-order valence-corrected chi connectivity index (χ2v) is 6.66. The molecule has 2 fully saturated rings. The van der Waals surface area contributed by atoms with Gasteiger partial charge in [-0.3, -0.25) is 9.69 Å². The molecule has 0 saturated carbocycles. The van der Waals surface area contributed by atoms with Crippen molar-refractivity contribution in [2.75, 3.05) is 46.4 Å². The Morgan fingerprint density at radius 3 is 2.33 bits per heavy atom. The fraction of sp³-hybridized carbons (Fsp3) is 0.938. The monoisotopic (exact) mass is 298 g/mol. The maximum absolute atomic E-state index is 12.4. The van der Waals surface area contributed by atoms with Crippen LogP contribution in [0.1, 0.15) is 44.9 Å². The summed E-state index contributed by atoms with van der Waals surface area (Å²) in [4.78, 5) is 16.4. The van der Waals surface area contributed by atoms with Crippen molar-refractivity contribution in [3.8, 4) is 0 Å². The Morgan fingerprint density at radius 1 is 1.14 bits per heavy atom. The van der Waals surface area contributed by atoms with Gasteiger partial charge in [-0.2, -0.15) is 0 Å². The minimum Gasteiger partial charge on any atom is -0.388 e. The number of hydrogen-bond acceptors (Lipinski definition) is 4. The fourth-order valence-electron chi connectivity index (χ4n) is 3.30. The van der Waals surface area contributed by atoms with Crippen LogP contribution in [-0.4, -0.2) is 72.9 Å². The highest BCUT2D eigenvalue weighted by atomic mass is 16.5. The molecule has 0 aromatic heterocycles. The van der Waals surface area contributed by atoms with Crippen LogP contribution in [0, 0.1) is 0 Å². The summed E-state index contributed by atoms with van der Waals surface area (Å²) in [6.07, 6.45) is 7.34. The highest BCUT2D eigenvalue weighted by molar-refractivity contribution is 5.78. The first-order valence-electron chi connectivity index (χ1n) is 8.36. The van der Waals surface area contributed by atoms with Gasteiger partial charge in [-0.1, -0.05) is 19.3 Å². The smallest absolute Gasteiger partial charge is 0.236 e. The fourth-order valence-corrected chi connectivity index (χ4v) is 3.30. The maximum atomic E-state index is 12.4. The molecule has 0 aromatic carbocycles. The number of nitrogens with zero attached hydrogens (tertiary/aromatic N) is 2. The van der Waals surface area contributed by atoms with Crippen molar-refractivity contribution in [3.63, 3.8) is 0 Å². The van der Waals surface area contributed by atoms with Crippen LogP contribution in [0.15, 0.2) is 0 Å². The minimum absolute atomic E-state index is 0.204. The van der Waals surface area contributed by atoms with E-state index in [-0.39, 0.29) is 5.91 Å². The van der Waals surface area contributed by atoms with Gasteiger partial charge in [0.15, 0.2) is 0 Å². The molecule has 1 amide bonds. The molecule has 0 radical (unpaired) electrons. The summed E-state index contributed by atoms with van der Waals surface area (Å²) >= 11 is 0. The number of likely N-dealkylation sites (tertiary alicyclic amines) is 1. The van der Waals surface area contributed by atoms with Crippen LogP contribution < -0.4 is 0 Å². The second kappa shape index (κ2) is 8.11. The van der Waals surface area contributed by atoms with Crippen molar-refractivity contribution >= 4 is 5.91 Å². The average Bonchev–Trinajstić information content (AvgIpc) is 2.37. The topological polar surface area (TPSA) is 53.0 Å². The Labute approximate surface area is 128 Å². The average molecular weight is 298 g/mol. The van der Waals surface area contributed by atoms with E-state index >= 15 is 0 Å². The molecule has 0 aliphatic carbocycles. The van der Waals surface area contributed by atoms with Gasteiger partial charge in [-0.25, -0.2) is 0 Å². The molecular weight excluding hydrogens is 268 g/mol. The first-order valence-corrected chi connectivity index (χ1v) is 8.36. The lowest BCUT2D eigenvalue weighted by Crippen LogP contribution is -2.48. The Hall–Kier alpha value is -0.650. The van der Waals surface area contributed by atoms with Gasteiger partial charge in [-0.05, 0) is 19.9 Å². The van der Waals surface area contributed by atoms with Crippen LogP contribution >= 0.6 is 0 Å². The van der Waals surface area contributed by atoms with Crippen molar-refractivity contribution in [1.29, 1.82) is 0 Å². The zero-order chi connectivity index (χ0) is 15.1. The molecule has 21 heavy (non-hydrogen) atoms. The molecule has 2 saturated heterocycles. The van der Waals surface area contributed by atoms with Gasteiger partial charge in [0.25, 0.3) is 0 Å². The van der Waals surface area contributed by atoms with E-state index in [0.29, 0.717) is 39.1 Å². The Bertz CT molecular complexity index is 321. The van der Waals surface area contributed by atoms with Crippen LogP contribution in [0.2, 0.25) is 0 Å². The summed E-state index contributed by atoms with van der Waals surface area (Å²) < 4.78 is 5.29. The quantitative estimate of drug-likeness (QED) is 0.849. The van der Waals surface area contributed by atoms with Gasteiger partial charge in [0.1, 0.15) is 0 Å². The van der Waals surface area contributed by atoms with E-state index in [0.717, 1.165) is 25.9 Å². The number of ether oxygens (including phenoxy) is 1. The van der Waals surface area contributed by atoms with Gasteiger partial charge in [-0.15, -0.1) is 0 Å². The summed E-state index contributed by atoms with van der Waals surface area (Å²) in [7, 11) is 1.93. The SMILES string of the molecule is CN(CC(=O)N1CCCCCCC1)CC1(O)CCOCC1. The molecule has 5 heteroatoms. The molecule has 122 valence electrons. The van der Waals surface area contributed by atoms with Crippen molar-refractivity contribution in [2.45, 2.75) is 50.5 Å². The molecule has 2 heterocycles. The highest BCUT2D eigenvalue weighted by Gasteiger charge is 2.31. The molecule has 0 spiro atoms. The lowest BCUT2D eigenvalue weighted by molar-refractivity contribution is -0.134. The van der Waals surface area contributed by atoms with Crippen LogP contribution in [0.25, 0.3) is 0 Å². The second-order valence-electron chi connectivity index (χ2n) is 6.66. The molecule has 1 N–H and O–H groups in total. The molecule has 5 nitrogen and oxygen atoms in total. The maximum Gasteiger partial charge on any atom is 0.236 e. The standard InChI is InChI=1S/C16H30N2O3/c1-17(14-16(20)7-11-21-12-8-16)13-15(19)18-9-5-3-2-4-6-10-18/h20H,2-14H2,1H3. The van der Waals surface area contributed by atoms with Gasteiger partial charge in [0.05, 0.1) is 12.1 Å². The first-order chi connectivity index (χ1) is 10.1. The van der Waals surface area contributed by atoms with Crippen LogP contribution in [0.3, 0.4) is 0 Å². The van der Waals surface area contributed by atoms with Gasteiger partial charge >= 0.3 is 0 Å². The number of hydrogen-bond donors (Lipinski definition) is 1. The van der Waals surface area contributed by atoms with Crippen LogP contribution in [0.5, 0.6) is 0 Å². The summed E-state index contributed by atoms with van der Waals surface area (Å²) in [5.74, 6) is 0.204. The number of carbonyl (C=O) groups is 1. The van der Waals surface area contributed by atoms with E-state index in [2.05, 4.69) is 0 Å². The predicted octanol–water partition coefficient (Wildman–Crippen LogP) is 1.25. The number of carbonyl (C=O) groups excluding carboxylic acids is 1. The largest absolute Gasteiger partial charge is 0.388 e. The normalized spacial score (nSPS) is 23.7. The third kappa shape index (κ3) is 5.57. The zero-order valence-corrected chi connectivity index (χ0v) is 13.4. The number of aliphatic hydroxyl groups is 1. The van der Waals surface area contributed by atoms with Gasteiger partial charge < -0.3 is 14.7 Å². The molecule has 0 bridgehead atoms. The lowest BCUT2D eigenvalue weighted by atomic mass is 9.94. The van der Waals surface area contributed by atoms with E-state index in [1.54, 1.807) is 0 Å². The Morgan fingerprint density at radius 2 is 1.71 bits per heavy atom. The molecule has 2 rings (SSSR count). The van der Waals surface area contributed by atoms with Gasteiger partial charge in [0.2, 0.25) is 5.91 Å². The van der Waals surface area contributed by atoms with E-state index < -0.39 is 5.60 Å². The van der Waals surface area contributed by atoms with Crippen LogP contribution in [-0.2, 0) is 9.53 Å². The molecule has 0 atom stereocenters. The summed E-state index contributed by atoms with van der Waals surface area (Å²) in [6, 6.07) is 0. The summed E-state index contributed by atoms with van der Waals surface area (Å²) in [5, 5.41) is 10.5. The zero-order valence-electron chi connectivity index (χ0n) is 13.4. The minimum atomic E-state index is -0.691. The van der Waals surface area contributed by atoms with Crippen molar-refractivity contribution < 1.29 is 14.6 Å². The number of amides is 1. The third-order valence-corrected chi connectivity index (χ3v) is 4.60. The molecule has 2 aliphatic rings. The first kappa shape index (κ1) is 16.7. The van der Waals surface area contributed by atoms with Crippen molar-refractivity contribution in [2.24, 2.45) is 0 Å². The summed E-state index contributed by atoms with van der Waals surface area (Å²) in [5.41, 5.74) is -0.691. The van der Waals surface area contributed by atoms with Gasteiger partial charge in [0, 0.05) is 45.7 Å².